The molecule has 0 aliphatic carbocycles. The van der Waals surface area contributed by atoms with E-state index < -0.39 is 29.3 Å². The molecule has 0 amide bonds. The van der Waals surface area contributed by atoms with Crippen molar-refractivity contribution >= 4 is 17.4 Å². The largest absolute Gasteiger partial charge is 0.573 e. The Labute approximate surface area is 163 Å². The van der Waals surface area contributed by atoms with Gasteiger partial charge in [-0.3, -0.25) is 4.79 Å². The molecule has 2 aromatic rings. The van der Waals surface area contributed by atoms with Crippen LogP contribution in [0.1, 0.15) is 23.7 Å². The Morgan fingerprint density at radius 3 is 2.39 bits per heavy atom. The fraction of sp³-hybridized carbons (Fsp3) is 0.263. The molecule has 1 unspecified atom stereocenters. The van der Waals surface area contributed by atoms with Crippen molar-refractivity contribution in [1.29, 1.82) is 0 Å². The van der Waals surface area contributed by atoms with E-state index in [9.17, 15) is 22.4 Å². The van der Waals surface area contributed by atoms with Gasteiger partial charge in [0.15, 0.2) is 12.4 Å². The fourth-order valence-electron chi connectivity index (χ4n) is 2.23. The van der Waals surface area contributed by atoms with Gasteiger partial charge in [-0.05, 0) is 36.4 Å². The lowest BCUT2D eigenvalue weighted by molar-refractivity contribution is -0.274. The van der Waals surface area contributed by atoms with Crippen molar-refractivity contribution < 1.29 is 31.8 Å². The molecule has 0 aliphatic rings. The molecule has 28 heavy (non-hydrogen) atoms. The van der Waals surface area contributed by atoms with Gasteiger partial charge in [-0.2, -0.15) is 0 Å². The molecule has 0 aromatic heterocycles. The Bertz CT molecular complexity index is 894. The fourth-order valence-corrected chi connectivity index (χ4v) is 2.41. The molecule has 9 heteroatoms. The van der Waals surface area contributed by atoms with Crippen LogP contribution in [0.4, 0.5) is 17.6 Å². The zero-order valence-electron chi connectivity index (χ0n) is 14.5. The van der Waals surface area contributed by atoms with E-state index in [4.69, 9.17) is 22.9 Å². The second-order valence-corrected chi connectivity index (χ2v) is 6.55. The summed E-state index contributed by atoms with van der Waals surface area (Å²) in [5.41, 5.74) is -1.17. The predicted molar refractivity (Wildman–Crippen MR) is 94.0 cm³/mol. The molecule has 0 radical (unpaired) electrons. The predicted octanol–water partition coefficient (Wildman–Crippen LogP) is 5.71. The topological polar surface area (TPSA) is 39.9 Å². The first-order chi connectivity index (χ1) is 13.0. The van der Waals surface area contributed by atoms with E-state index in [1.54, 1.807) is 0 Å². The molecule has 0 saturated carbocycles. The maximum atomic E-state index is 13.3. The molecular weight excluding hydrogens is 402 g/mol. The molecule has 0 fully saturated rings. The van der Waals surface area contributed by atoms with Gasteiger partial charge in [0.25, 0.3) is 5.54 Å². The minimum atomic E-state index is -4.83. The first kappa shape index (κ1) is 21.5. The van der Waals surface area contributed by atoms with Crippen molar-refractivity contribution in [3.8, 4) is 11.5 Å². The van der Waals surface area contributed by atoms with E-state index in [2.05, 4.69) is 9.58 Å². The van der Waals surface area contributed by atoms with Crippen LogP contribution >= 0.6 is 11.6 Å². The van der Waals surface area contributed by atoms with E-state index in [1.165, 1.54) is 25.1 Å². The highest BCUT2D eigenvalue weighted by Crippen LogP contribution is 2.28. The van der Waals surface area contributed by atoms with Crippen molar-refractivity contribution in [2.45, 2.75) is 25.2 Å². The van der Waals surface area contributed by atoms with Crippen LogP contribution < -0.4 is 9.47 Å². The highest BCUT2D eigenvalue weighted by atomic mass is 35.5. The highest BCUT2D eigenvalue weighted by Gasteiger charge is 2.36. The van der Waals surface area contributed by atoms with Crippen LogP contribution in [0.3, 0.4) is 0 Å². The van der Waals surface area contributed by atoms with Crippen molar-refractivity contribution in [2.24, 2.45) is 0 Å². The van der Waals surface area contributed by atoms with Gasteiger partial charge in [-0.1, -0.05) is 11.6 Å². The number of nitrogens with zero attached hydrogens (tertiary/aromatic N) is 1. The summed E-state index contributed by atoms with van der Waals surface area (Å²) in [6, 6.07) is 7.90. The van der Waals surface area contributed by atoms with Crippen molar-refractivity contribution in [3.63, 3.8) is 0 Å². The number of hydrogen-bond acceptors (Lipinski definition) is 3. The van der Waals surface area contributed by atoms with Crippen LogP contribution in [0, 0.1) is 12.4 Å². The summed E-state index contributed by atoms with van der Waals surface area (Å²) in [4.78, 5) is 15.8. The maximum absolute atomic E-state index is 13.3. The Balaban J connectivity index is 2.05. The number of benzene rings is 2. The van der Waals surface area contributed by atoms with Gasteiger partial charge >= 0.3 is 6.36 Å². The SMILES string of the molecule is [C-]#[N+]C(C)(COc1cc(F)ccc1Cl)CC(=O)c1ccc(OC(F)(F)F)cc1. The minimum Gasteiger partial charge on any atom is -0.483 e. The third-order valence-electron chi connectivity index (χ3n) is 3.65. The second kappa shape index (κ2) is 8.48. The van der Waals surface area contributed by atoms with Gasteiger partial charge in [-0.15, -0.1) is 13.2 Å². The number of rotatable bonds is 7. The van der Waals surface area contributed by atoms with Crippen LogP contribution in [-0.2, 0) is 0 Å². The average molecular weight is 416 g/mol. The molecular formula is C19H14ClF4NO3. The maximum Gasteiger partial charge on any atom is 0.573 e. The first-order valence-corrected chi connectivity index (χ1v) is 8.25. The van der Waals surface area contributed by atoms with Crippen LogP contribution in [0.25, 0.3) is 4.85 Å². The van der Waals surface area contributed by atoms with E-state index in [-0.39, 0.29) is 29.4 Å². The number of alkyl halides is 3. The van der Waals surface area contributed by atoms with Gasteiger partial charge in [0.2, 0.25) is 0 Å². The minimum absolute atomic E-state index is 0.0395. The van der Waals surface area contributed by atoms with Gasteiger partial charge in [0.05, 0.1) is 11.4 Å². The Morgan fingerprint density at radius 1 is 1.18 bits per heavy atom. The molecule has 0 spiro atoms. The monoisotopic (exact) mass is 415 g/mol. The lowest BCUT2D eigenvalue weighted by Gasteiger charge is -2.18. The van der Waals surface area contributed by atoms with Gasteiger partial charge in [-0.25, -0.2) is 11.0 Å². The average Bonchev–Trinajstić information content (AvgIpc) is 2.61. The van der Waals surface area contributed by atoms with Crippen LogP contribution in [0.2, 0.25) is 5.02 Å². The van der Waals surface area contributed by atoms with Crippen LogP contribution in [0.15, 0.2) is 42.5 Å². The van der Waals surface area contributed by atoms with E-state index in [1.807, 2.05) is 0 Å². The number of Topliss-reactive ketones (excluding diaryl/α,β-unsaturated/α-hetero) is 1. The third kappa shape index (κ3) is 6.13. The molecule has 2 aromatic carbocycles. The Hall–Kier alpha value is -2.79. The van der Waals surface area contributed by atoms with Gasteiger partial charge in [0, 0.05) is 18.6 Å². The number of hydrogen-bond donors (Lipinski definition) is 0. The van der Waals surface area contributed by atoms with E-state index in [0.29, 0.717) is 0 Å². The van der Waals surface area contributed by atoms with Crippen molar-refractivity contribution in [2.75, 3.05) is 6.61 Å². The summed E-state index contributed by atoms with van der Waals surface area (Å²) in [6.45, 7) is 8.59. The number of ketones is 1. The number of halogens is 5. The zero-order valence-corrected chi connectivity index (χ0v) is 15.3. The zero-order chi connectivity index (χ0) is 20.9. The first-order valence-electron chi connectivity index (χ1n) is 7.87. The van der Waals surface area contributed by atoms with Crippen molar-refractivity contribution in [3.05, 3.63) is 70.3 Å². The lowest BCUT2D eigenvalue weighted by atomic mass is 9.94. The molecule has 0 N–H and O–H groups in total. The lowest BCUT2D eigenvalue weighted by Crippen LogP contribution is -2.32. The number of ether oxygens (including phenoxy) is 2. The molecule has 0 bridgehead atoms. The summed E-state index contributed by atoms with van der Waals surface area (Å²) < 4.78 is 59.0. The molecule has 2 rings (SSSR count). The highest BCUT2D eigenvalue weighted by molar-refractivity contribution is 6.32. The number of carbonyl (C=O) groups is 1. The molecule has 0 heterocycles. The van der Waals surface area contributed by atoms with Crippen molar-refractivity contribution in [1.82, 2.24) is 0 Å². The van der Waals surface area contributed by atoms with E-state index >= 15 is 0 Å². The molecule has 0 saturated heterocycles. The van der Waals surface area contributed by atoms with Crippen LogP contribution in [-0.4, -0.2) is 24.3 Å². The summed E-state index contributed by atoms with van der Waals surface area (Å²) >= 11 is 5.90. The van der Waals surface area contributed by atoms with Crippen LogP contribution in [0.5, 0.6) is 11.5 Å². The Kier molecular flexibility index (Phi) is 6.52. The summed E-state index contributed by atoms with van der Waals surface area (Å²) in [6.07, 6.45) is -5.09. The summed E-state index contributed by atoms with van der Waals surface area (Å²) in [5.74, 6) is -1.45. The summed E-state index contributed by atoms with van der Waals surface area (Å²) in [5, 5.41) is 0.153. The molecule has 0 aliphatic heterocycles. The van der Waals surface area contributed by atoms with E-state index in [0.717, 1.165) is 24.3 Å². The molecule has 1 atom stereocenters. The summed E-state index contributed by atoms with van der Waals surface area (Å²) in [7, 11) is 0. The smallest absolute Gasteiger partial charge is 0.483 e. The molecule has 4 nitrogen and oxygen atoms in total. The molecule has 148 valence electrons. The Morgan fingerprint density at radius 2 is 1.82 bits per heavy atom. The third-order valence-corrected chi connectivity index (χ3v) is 3.97. The van der Waals surface area contributed by atoms with Gasteiger partial charge in [0.1, 0.15) is 17.3 Å². The van der Waals surface area contributed by atoms with Gasteiger partial charge < -0.3 is 14.3 Å². The number of carbonyl (C=O) groups excluding carboxylic acids is 1. The quantitative estimate of drug-likeness (QED) is 0.330. The second-order valence-electron chi connectivity index (χ2n) is 6.14. The standard InChI is InChI=1S/C19H14ClF4NO3/c1-18(25-2,11-27-17-9-13(21)5-8-15(17)20)10-16(26)12-3-6-14(7-4-12)28-19(22,23)24/h3-9H,10-11H2,1H3. The normalized spacial score (nSPS) is 13.3.